The zero-order chi connectivity index (χ0) is 22.5. The number of nitro groups is 1. The highest BCUT2D eigenvalue weighted by Crippen LogP contribution is 2.30. The van der Waals surface area contributed by atoms with Crippen molar-refractivity contribution < 1.29 is 9.66 Å². The lowest BCUT2D eigenvalue weighted by Crippen LogP contribution is -2.25. The van der Waals surface area contributed by atoms with Gasteiger partial charge in [0.2, 0.25) is 5.95 Å². The molecule has 32 heavy (non-hydrogen) atoms. The van der Waals surface area contributed by atoms with Crippen LogP contribution in [0.3, 0.4) is 0 Å². The third kappa shape index (κ3) is 5.12. The Kier molecular flexibility index (Phi) is 6.46. The van der Waals surface area contributed by atoms with E-state index in [2.05, 4.69) is 20.2 Å². The molecule has 1 aliphatic heterocycles. The number of nitro benzene ring substituents is 1. The number of aromatic nitrogens is 2. The Hall–Kier alpha value is -3.72. The van der Waals surface area contributed by atoms with Gasteiger partial charge in [-0.05, 0) is 63.2 Å². The maximum Gasteiger partial charge on any atom is 0.271 e. The Bertz CT molecular complexity index is 1100. The van der Waals surface area contributed by atoms with Crippen molar-refractivity contribution in [2.24, 2.45) is 0 Å². The average molecular weight is 435 g/mol. The van der Waals surface area contributed by atoms with Gasteiger partial charge in [0.05, 0.1) is 10.6 Å². The SMILES string of the molecule is Cc1c(Nc2cccc([N+](=O)[O-])c2)nc(N)nc1-c1ccc(OCCN2CCCC2)cc1. The second-order valence-corrected chi connectivity index (χ2v) is 7.76. The lowest BCUT2D eigenvalue weighted by Gasteiger charge is -2.15. The number of rotatable bonds is 8. The van der Waals surface area contributed by atoms with Crippen molar-refractivity contribution in [2.75, 3.05) is 37.3 Å². The largest absolute Gasteiger partial charge is 0.492 e. The summed E-state index contributed by atoms with van der Waals surface area (Å²) in [7, 11) is 0. The molecule has 0 radical (unpaired) electrons. The molecule has 2 aromatic carbocycles. The molecule has 1 aliphatic rings. The molecule has 2 heterocycles. The number of benzene rings is 2. The van der Waals surface area contributed by atoms with Crippen molar-refractivity contribution in [3.63, 3.8) is 0 Å². The molecule has 0 atom stereocenters. The van der Waals surface area contributed by atoms with Gasteiger partial charge in [-0.25, -0.2) is 4.98 Å². The number of ether oxygens (including phenoxy) is 1. The average Bonchev–Trinajstić information content (AvgIpc) is 3.30. The predicted molar refractivity (Wildman–Crippen MR) is 124 cm³/mol. The maximum absolute atomic E-state index is 11.0. The van der Waals surface area contributed by atoms with Crippen molar-refractivity contribution >= 4 is 23.1 Å². The van der Waals surface area contributed by atoms with E-state index < -0.39 is 4.92 Å². The minimum atomic E-state index is -0.438. The van der Waals surface area contributed by atoms with Crippen molar-refractivity contribution in [3.05, 3.63) is 64.2 Å². The lowest BCUT2D eigenvalue weighted by molar-refractivity contribution is -0.384. The molecule has 0 amide bonds. The van der Waals surface area contributed by atoms with Gasteiger partial charge in [0.25, 0.3) is 5.69 Å². The van der Waals surface area contributed by atoms with Gasteiger partial charge < -0.3 is 15.8 Å². The van der Waals surface area contributed by atoms with E-state index in [-0.39, 0.29) is 11.6 Å². The summed E-state index contributed by atoms with van der Waals surface area (Å²) in [4.78, 5) is 21.7. The van der Waals surface area contributed by atoms with Crippen LogP contribution in [0.4, 0.5) is 23.1 Å². The van der Waals surface area contributed by atoms with Gasteiger partial charge >= 0.3 is 0 Å². The molecule has 0 unspecified atom stereocenters. The zero-order valence-electron chi connectivity index (χ0n) is 18.0. The fourth-order valence-electron chi connectivity index (χ4n) is 3.78. The van der Waals surface area contributed by atoms with E-state index in [0.29, 0.717) is 23.8 Å². The van der Waals surface area contributed by atoms with E-state index in [4.69, 9.17) is 10.5 Å². The van der Waals surface area contributed by atoms with Crippen molar-refractivity contribution in [2.45, 2.75) is 19.8 Å². The monoisotopic (exact) mass is 434 g/mol. The molecule has 1 fully saturated rings. The number of nitrogen functional groups attached to an aromatic ring is 1. The Balaban J connectivity index is 1.49. The maximum atomic E-state index is 11.0. The van der Waals surface area contributed by atoms with Gasteiger partial charge in [0.1, 0.15) is 18.2 Å². The summed E-state index contributed by atoms with van der Waals surface area (Å²) in [5.74, 6) is 1.42. The molecule has 4 rings (SSSR count). The molecular formula is C23H26N6O3. The number of hydrogen-bond acceptors (Lipinski definition) is 8. The molecule has 1 saturated heterocycles. The highest BCUT2D eigenvalue weighted by Gasteiger charge is 2.14. The molecule has 9 heteroatoms. The predicted octanol–water partition coefficient (Wildman–Crippen LogP) is 4.16. The third-order valence-electron chi connectivity index (χ3n) is 5.49. The molecule has 0 spiro atoms. The van der Waals surface area contributed by atoms with Gasteiger partial charge in [0, 0.05) is 35.5 Å². The smallest absolute Gasteiger partial charge is 0.271 e. The second-order valence-electron chi connectivity index (χ2n) is 7.76. The Morgan fingerprint density at radius 3 is 2.62 bits per heavy atom. The fraction of sp³-hybridized carbons (Fsp3) is 0.304. The van der Waals surface area contributed by atoms with Crippen LogP contribution in [0.1, 0.15) is 18.4 Å². The quantitative estimate of drug-likeness (QED) is 0.401. The topological polar surface area (TPSA) is 119 Å². The molecule has 3 N–H and O–H groups in total. The molecule has 1 aromatic heterocycles. The third-order valence-corrected chi connectivity index (χ3v) is 5.49. The number of nitrogens with zero attached hydrogens (tertiary/aromatic N) is 4. The zero-order valence-corrected chi connectivity index (χ0v) is 18.0. The minimum Gasteiger partial charge on any atom is -0.492 e. The van der Waals surface area contributed by atoms with Gasteiger partial charge in [-0.2, -0.15) is 4.98 Å². The number of nitrogens with two attached hydrogens (primary N) is 1. The van der Waals surface area contributed by atoms with Crippen LogP contribution in [0.5, 0.6) is 5.75 Å². The Morgan fingerprint density at radius 2 is 1.91 bits per heavy atom. The normalized spacial score (nSPS) is 13.8. The summed E-state index contributed by atoms with van der Waals surface area (Å²) < 4.78 is 5.88. The van der Waals surface area contributed by atoms with Crippen LogP contribution in [0.15, 0.2) is 48.5 Å². The summed E-state index contributed by atoms with van der Waals surface area (Å²) >= 11 is 0. The van der Waals surface area contributed by atoms with Crippen molar-refractivity contribution in [1.29, 1.82) is 0 Å². The number of likely N-dealkylation sites (tertiary alicyclic amines) is 1. The van der Waals surface area contributed by atoms with Crippen molar-refractivity contribution in [3.8, 4) is 17.0 Å². The van der Waals surface area contributed by atoms with Crippen LogP contribution in [-0.2, 0) is 0 Å². The Labute approximate surface area is 186 Å². The highest BCUT2D eigenvalue weighted by atomic mass is 16.6. The van der Waals surface area contributed by atoms with E-state index >= 15 is 0 Å². The first-order valence-corrected chi connectivity index (χ1v) is 10.6. The molecule has 9 nitrogen and oxygen atoms in total. The van der Waals surface area contributed by atoms with Gasteiger partial charge in [-0.15, -0.1) is 0 Å². The van der Waals surface area contributed by atoms with E-state index in [0.717, 1.165) is 36.5 Å². The van der Waals surface area contributed by atoms with E-state index in [1.165, 1.54) is 25.0 Å². The summed E-state index contributed by atoms with van der Waals surface area (Å²) in [5.41, 5.74) is 8.85. The minimum absolute atomic E-state index is 0.00442. The number of hydrogen-bond donors (Lipinski definition) is 2. The molecule has 0 bridgehead atoms. The number of anilines is 3. The number of nitrogens with one attached hydrogen (secondary N) is 1. The standard InChI is InChI=1S/C23H26N6O3/c1-16-21(17-7-9-20(10-8-17)32-14-13-28-11-2-3-12-28)26-23(24)27-22(16)25-18-5-4-6-19(15-18)29(30)31/h4-10,15H,2-3,11-14H2,1H3,(H3,24,25,26,27). The first-order chi connectivity index (χ1) is 15.5. The summed E-state index contributed by atoms with van der Waals surface area (Å²) in [6, 6.07) is 14.0. The van der Waals surface area contributed by atoms with Crippen LogP contribution < -0.4 is 15.8 Å². The van der Waals surface area contributed by atoms with E-state index in [1.54, 1.807) is 12.1 Å². The van der Waals surface area contributed by atoms with Crippen LogP contribution in [-0.4, -0.2) is 46.0 Å². The first kappa shape index (κ1) is 21.5. The van der Waals surface area contributed by atoms with Crippen LogP contribution in [0.2, 0.25) is 0 Å². The summed E-state index contributed by atoms with van der Waals surface area (Å²) in [6.45, 7) is 5.80. The first-order valence-electron chi connectivity index (χ1n) is 10.6. The number of non-ortho nitro benzene ring substituents is 1. The molecule has 3 aromatic rings. The molecule has 0 saturated carbocycles. The van der Waals surface area contributed by atoms with Gasteiger partial charge in [0.15, 0.2) is 0 Å². The fourth-order valence-corrected chi connectivity index (χ4v) is 3.78. The van der Waals surface area contributed by atoms with E-state index in [9.17, 15) is 10.1 Å². The lowest BCUT2D eigenvalue weighted by atomic mass is 10.1. The van der Waals surface area contributed by atoms with E-state index in [1.807, 2.05) is 31.2 Å². The molecular weight excluding hydrogens is 408 g/mol. The second kappa shape index (κ2) is 9.61. The molecule has 0 aliphatic carbocycles. The van der Waals surface area contributed by atoms with Crippen molar-refractivity contribution in [1.82, 2.24) is 14.9 Å². The summed E-state index contributed by atoms with van der Waals surface area (Å²) in [5, 5.41) is 14.2. The molecule has 166 valence electrons. The van der Waals surface area contributed by atoms with Gasteiger partial charge in [-0.3, -0.25) is 15.0 Å². The van der Waals surface area contributed by atoms with Crippen LogP contribution >= 0.6 is 0 Å². The Morgan fingerprint density at radius 1 is 1.16 bits per heavy atom. The highest BCUT2D eigenvalue weighted by molar-refractivity contribution is 5.73. The van der Waals surface area contributed by atoms with Crippen LogP contribution in [0, 0.1) is 17.0 Å². The van der Waals surface area contributed by atoms with Gasteiger partial charge in [-0.1, -0.05) is 6.07 Å². The summed E-state index contributed by atoms with van der Waals surface area (Å²) in [6.07, 6.45) is 2.54. The van der Waals surface area contributed by atoms with Crippen LogP contribution in [0.25, 0.3) is 11.3 Å².